The van der Waals surface area contributed by atoms with Gasteiger partial charge < -0.3 is 9.30 Å². The van der Waals surface area contributed by atoms with Crippen LogP contribution in [0.4, 0.5) is 0 Å². The van der Waals surface area contributed by atoms with Crippen LogP contribution in [0.5, 0.6) is 11.5 Å². The van der Waals surface area contributed by atoms with E-state index in [9.17, 15) is 11.0 Å². The van der Waals surface area contributed by atoms with Gasteiger partial charge >= 0.3 is 0 Å². The van der Waals surface area contributed by atoms with Crippen LogP contribution >= 0.6 is 0 Å². The molecule has 2 nitrogen and oxygen atoms in total. The molecule has 212 valence electrons. The summed E-state index contributed by atoms with van der Waals surface area (Å²) in [5.74, 6) is -1.41. The maximum Gasteiger partial charge on any atom is 0.132 e. The van der Waals surface area contributed by atoms with Gasteiger partial charge in [-0.1, -0.05) is 139 Å². The van der Waals surface area contributed by atoms with E-state index < -0.39 is 136 Å². The van der Waals surface area contributed by atoms with Crippen LogP contribution in [0.1, 0.15) is 44.2 Å². The average molecular weight is 592 g/mol. The lowest BCUT2D eigenvalue weighted by Gasteiger charge is -2.41. The van der Waals surface area contributed by atoms with Gasteiger partial charge in [-0.2, -0.15) is 0 Å². The third-order valence-electron chi connectivity index (χ3n) is 8.15. The first-order valence-corrected chi connectivity index (χ1v) is 14.1. The fraction of sp³-hybridized carbons (Fsp3) is 0.0233. The van der Waals surface area contributed by atoms with Crippen LogP contribution in [0.25, 0.3) is 38.6 Å². The number of hydrogen-bond donors (Lipinski definition) is 0. The molecule has 0 spiro atoms. The number of nitrogens with zero attached hydrogens (tertiary/aromatic N) is 1. The standard InChI is InChI=1S/C43H29NO/c1-4-15-31(16-5-1)43(32-17-6-2-7-18-32)37-24-11-13-26-40(37)45-41-28-27-30(29-38(41)43)34-22-14-23-36-35-21-10-12-25-39(35)44(42(34)36)33-19-8-3-9-20-33/h1-29H/i1D,4D,5D,6D,7D,11D,13D,15D,16D,17D,18D,24D,26D,27D,28D,29D. The Morgan fingerprint density at radius 3 is 2.07 bits per heavy atom. The van der Waals surface area contributed by atoms with Gasteiger partial charge in [-0.05, 0) is 53.0 Å². The molecular weight excluding hydrogens is 546 g/mol. The van der Waals surface area contributed by atoms with Crippen LogP contribution in [0.3, 0.4) is 0 Å². The summed E-state index contributed by atoms with van der Waals surface area (Å²) in [5.41, 5.74) is -3.75. The topological polar surface area (TPSA) is 14.2 Å². The van der Waals surface area contributed by atoms with E-state index >= 15 is 0 Å². The summed E-state index contributed by atoms with van der Waals surface area (Å²) >= 11 is 0. The Morgan fingerprint density at radius 2 is 1.22 bits per heavy atom. The highest BCUT2D eigenvalue weighted by atomic mass is 16.5. The summed E-state index contributed by atoms with van der Waals surface area (Å²) in [6.45, 7) is 0. The lowest BCUT2D eigenvalue weighted by molar-refractivity contribution is 0.434. The summed E-state index contributed by atoms with van der Waals surface area (Å²) in [6.07, 6.45) is 0. The quantitative estimate of drug-likeness (QED) is 0.199. The molecule has 1 aromatic heterocycles. The third-order valence-corrected chi connectivity index (χ3v) is 8.15. The first kappa shape index (κ1) is 14.3. The van der Waals surface area contributed by atoms with Crippen LogP contribution in [0.15, 0.2) is 176 Å². The molecule has 0 fully saturated rings. The molecule has 2 heteroatoms. The summed E-state index contributed by atoms with van der Waals surface area (Å²) < 4.78 is 155. The fourth-order valence-corrected chi connectivity index (χ4v) is 6.34. The zero-order valence-corrected chi connectivity index (χ0v) is 23.4. The number of aromatic nitrogens is 1. The highest BCUT2D eigenvalue weighted by molar-refractivity contribution is 6.13. The first-order chi connectivity index (χ1) is 29.0. The highest BCUT2D eigenvalue weighted by Crippen LogP contribution is 2.56. The Hall–Kier alpha value is -5.86. The second-order valence-corrected chi connectivity index (χ2v) is 10.5. The van der Waals surface area contributed by atoms with Gasteiger partial charge in [-0.15, -0.1) is 0 Å². The average Bonchev–Trinajstić information content (AvgIpc) is 3.60. The number of benzene rings is 7. The van der Waals surface area contributed by atoms with Crippen molar-refractivity contribution in [2.24, 2.45) is 0 Å². The Labute approximate surface area is 284 Å². The minimum absolute atomic E-state index is 0.229. The predicted molar refractivity (Wildman–Crippen MR) is 185 cm³/mol. The second kappa shape index (κ2) is 10.1. The van der Waals surface area contributed by atoms with E-state index in [1.54, 1.807) is 12.1 Å². The number of fused-ring (bicyclic) bond motifs is 5. The van der Waals surface area contributed by atoms with Crippen molar-refractivity contribution in [3.05, 3.63) is 198 Å². The highest BCUT2D eigenvalue weighted by Gasteiger charge is 2.45. The van der Waals surface area contributed by atoms with Crippen LogP contribution in [-0.2, 0) is 5.41 Å². The molecule has 0 aliphatic carbocycles. The van der Waals surface area contributed by atoms with Gasteiger partial charge in [0, 0.05) is 33.2 Å². The Balaban J connectivity index is 1.60. The molecule has 7 aromatic carbocycles. The van der Waals surface area contributed by atoms with Crippen LogP contribution < -0.4 is 4.74 Å². The van der Waals surface area contributed by atoms with Crippen molar-refractivity contribution in [1.29, 1.82) is 0 Å². The van der Waals surface area contributed by atoms with Gasteiger partial charge in [0.15, 0.2) is 0 Å². The molecule has 0 bridgehead atoms. The lowest BCUT2D eigenvalue weighted by atomic mass is 9.63. The maximum absolute atomic E-state index is 10.3. The third kappa shape index (κ3) is 3.76. The Kier molecular flexibility index (Phi) is 3.21. The number of rotatable bonds is 4. The van der Waals surface area contributed by atoms with Gasteiger partial charge in [0.05, 0.1) is 38.4 Å². The SMILES string of the molecule is [2H]c1cc([2H])c([2H])c(C2(c3c([2H])c([2H])c([2H])c([2H])c3[2H])c3c([2H])c([2H])c([2H])c([2H])c3Oc3c([2H])c([2H])c(-c4cccc5c6ccccc6n(-c6ccccc6)c45)c([2H])c32)c1[2H]. The van der Waals surface area contributed by atoms with Crippen LogP contribution in [0, 0.1) is 0 Å². The lowest BCUT2D eigenvalue weighted by Crippen LogP contribution is -2.34. The van der Waals surface area contributed by atoms with Crippen LogP contribution in [-0.4, -0.2) is 4.57 Å². The predicted octanol–water partition coefficient (Wildman–Crippen LogP) is 10.9. The Morgan fingerprint density at radius 1 is 0.533 bits per heavy atom. The molecule has 45 heavy (non-hydrogen) atoms. The summed E-state index contributed by atoms with van der Waals surface area (Å²) in [6, 6.07) is 9.89. The molecule has 1 aliphatic rings. The second-order valence-electron chi connectivity index (χ2n) is 10.5. The monoisotopic (exact) mass is 591 g/mol. The summed E-state index contributed by atoms with van der Waals surface area (Å²) in [7, 11) is 0. The summed E-state index contributed by atoms with van der Waals surface area (Å²) in [5, 5.41) is 1.50. The fourth-order valence-electron chi connectivity index (χ4n) is 6.34. The number of ether oxygens (including phenoxy) is 1. The molecule has 0 saturated carbocycles. The first-order valence-electron chi connectivity index (χ1n) is 22.1. The van der Waals surface area contributed by atoms with Gasteiger partial charge in [-0.25, -0.2) is 0 Å². The molecule has 0 N–H and O–H groups in total. The van der Waals surface area contributed by atoms with Crippen molar-refractivity contribution in [1.82, 2.24) is 4.57 Å². The molecule has 1 atom stereocenters. The van der Waals surface area contributed by atoms with E-state index in [1.165, 1.54) is 0 Å². The number of hydrogen-bond acceptors (Lipinski definition) is 1. The van der Waals surface area contributed by atoms with Crippen molar-refractivity contribution in [2.75, 3.05) is 0 Å². The van der Waals surface area contributed by atoms with Crippen molar-refractivity contribution in [3.8, 4) is 28.3 Å². The van der Waals surface area contributed by atoms with E-state index in [2.05, 4.69) is 0 Å². The van der Waals surface area contributed by atoms with E-state index in [-0.39, 0.29) is 11.1 Å². The van der Waals surface area contributed by atoms with Crippen molar-refractivity contribution < 1.29 is 26.7 Å². The van der Waals surface area contributed by atoms with Crippen molar-refractivity contribution >= 4 is 21.8 Å². The molecule has 0 radical (unpaired) electrons. The molecular formula is C43H29NO. The minimum Gasteiger partial charge on any atom is -0.457 e. The van der Waals surface area contributed by atoms with Gasteiger partial charge in [0.1, 0.15) is 11.5 Å². The van der Waals surface area contributed by atoms with E-state index in [0.717, 1.165) is 17.0 Å². The number of para-hydroxylation sites is 4. The largest absolute Gasteiger partial charge is 0.457 e. The molecule has 1 unspecified atom stereocenters. The zero-order chi connectivity index (χ0) is 43.7. The van der Waals surface area contributed by atoms with Crippen molar-refractivity contribution in [2.45, 2.75) is 5.41 Å². The van der Waals surface area contributed by atoms with Crippen molar-refractivity contribution in [3.63, 3.8) is 0 Å². The molecule has 1 aliphatic heterocycles. The minimum atomic E-state index is -2.93. The van der Waals surface area contributed by atoms with E-state index in [1.807, 2.05) is 65.2 Å². The maximum atomic E-state index is 10.3. The van der Waals surface area contributed by atoms with Crippen LogP contribution in [0.2, 0.25) is 0 Å². The molecule has 0 amide bonds. The molecule has 0 saturated heterocycles. The smallest absolute Gasteiger partial charge is 0.132 e. The summed E-state index contributed by atoms with van der Waals surface area (Å²) in [4.78, 5) is 0. The molecule has 8 aromatic rings. The van der Waals surface area contributed by atoms with E-state index in [4.69, 9.17) is 15.7 Å². The van der Waals surface area contributed by atoms with E-state index in [0.29, 0.717) is 16.6 Å². The zero-order valence-electron chi connectivity index (χ0n) is 39.4. The van der Waals surface area contributed by atoms with Gasteiger partial charge in [-0.3, -0.25) is 0 Å². The van der Waals surface area contributed by atoms with Gasteiger partial charge in [0.2, 0.25) is 0 Å². The normalized spacial score (nSPS) is 20.4. The Bertz CT molecular complexity index is 3170. The molecule has 9 rings (SSSR count). The van der Waals surface area contributed by atoms with Gasteiger partial charge in [0.25, 0.3) is 0 Å². The molecule has 2 heterocycles.